The summed E-state index contributed by atoms with van der Waals surface area (Å²) in [6.45, 7) is 3.39. The van der Waals surface area contributed by atoms with E-state index in [0.29, 0.717) is 12.1 Å². The largest absolute Gasteiger partial charge is 0.497 e. The standard InChI is InChI=1S/C22H26N2O3/c1-14-7-8-18(13-21(14)23-15(2)25)24-22(26)12-17-6-4-5-16-11-19(27-3)9-10-20(16)17/h7-11,13,17H,4-6,12H2,1-3H3,(H,23,25)(H,24,26). The summed E-state index contributed by atoms with van der Waals surface area (Å²) in [5.41, 5.74) is 4.90. The van der Waals surface area contributed by atoms with Gasteiger partial charge in [-0.3, -0.25) is 9.59 Å². The number of fused-ring (bicyclic) bond motifs is 1. The van der Waals surface area contributed by atoms with Gasteiger partial charge in [0.15, 0.2) is 0 Å². The predicted molar refractivity (Wildman–Crippen MR) is 107 cm³/mol. The van der Waals surface area contributed by atoms with Gasteiger partial charge in [0.25, 0.3) is 0 Å². The van der Waals surface area contributed by atoms with Gasteiger partial charge in [-0.2, -0.15) is 0 Å². The highest BCUT2D eigenvalue weighted by Gasteiger charge is 2.23. The van der Waals surface area contributed by atoms with Crippen LogP contribution in [0.4, 0.5) is 11.4 Å². The van der Waals surface area contributed by atoms with Crippen molar-refractivity contribution in [2.45, 2.75) is 45.4 Å². The van der Waals surface area contributed by atoms with Gasteiger partial charge in [0.2, 0.25) is 11.8 Å². The van der Waals surface area contributed by atoms with Crippen LogP contribution < -0.4 is 15.4 Å². The van der Waals surface area contributed by atoms with Crippen molar-refractivity contribution in [3.05, 3.63) is 53.1 Å². The lowest BCUT2D eigenvalue weighted by Gasteiger charge is -2.25. The lowest BCUT2D eigenvalue weighted by molar-refractivity contribution is -0.116. The van der Waals surface area contributed by atoms with E-state index >= 15 is 0 Å². The average Bonchev–Trinajstić information content (AvgIpc) is 2.63. The van der Waals surface area contributed by atoms with Crippen LogP contribution in [0.15, 0.2) is 36.4 Å². The van der Waals surface area contributed by atoms with Gasteiger partial charge in [0.05, 0.1) is 7.11 Å². The quantitative estimate of drug-likeness (QED) is 0.824. The van der Waals surface area contributed by atoms with Crippen molar-refractivity contribution >= 4 is 23.2 Å². The number of anilines is 2. The number of carbonyl (C=O) groups excluding carboxylic acids is 2. The second kappa shape index (κ2) is 8.25. The Morgan fingerprint density at radius 1 is 1.15 bits per heavy atom. The van der Waals surface area contributed by atoms with Gasteiger partial charge in [0.1, 0.15) is 5.75 Å². The molecule has 27 heavy (non-hydrogen) atoms. The van der Waals surface area contributed by atoms with Crippen LogP contribution in [-0.4, -0.2) is 18.9 Å². The third kappa shape index (κ3) is 4.67. The molecule has 0 aliphatic heterocycles. The summed E-state index contributed by atoms with van der Waals surface area (Å²) in [7, 11) is 1.67. The molecule has 2 aromatic rings. The second-order valence-electron chi connectivity index (χ2n) is 7.12. The fourth-order valence-corrected chi connectivity index (χ4v) is 3.69. The fourth-order valence-electron chi connectivity index (χ4n) is 3.69. The number of ether oxygens (including phenoxy) is 1. The molecule has 0 saturated carbocycles. The number of hydrogen-bond acceptors (Lipinski definition) is 3. The number of rotatable bonds is 5. The summed E-state index contributed by atoms with van der Waals surface area (Å²) >= 11 is 0. The highest BCUT2D eigenvalue weighted by molar-refractivity contribution is 5.94. The van der Waals surface area contributed by atoms with Gasteiger partial charge in [-0.15, -0.1) is 0 Å². The van der Waals surface area contributed by atoms with Crippen molar-refractivity contribution in [1.29, 1.82) is 0 Å². The first-order valence-corrected chi connectivity index (χ1v) is 9.31. The van der Waals surface area contributed by atoms with Gasteiger partial charge in [-0.25, -0.2) is 0 Å². The van der Waals surface area contributed by atoms with Crippen molar-refractivity contribution in [1.82, 2.24) is 0 Å². The molecule has 0 saturated heterocycles. The lowest BCUT2D eigenvalue weighted by Crippen LogP contribution is -2.19. The first kappa shape index (κ1) is 19.0. The molecule has 0 spiro atoms. The van der Waals surface area contributed by atoms with Crippen LogP contribution in [0, 0.1) is 6.92 Å². The third-order valence-electron chi connectivity index (χ3n) is 5.05. The molecule has 1 atom stereocenters. The van der Waals surface area contributed by atoms with Gasteiger partial charge in [-0.05, 0) is 73.1 Å². The summed E-state index contributed by atoms with van der Waals surface area (Å²) in [4.78, 5) is 23.9. The molecule has 0 radical (unpaired) electrons. The lowest BCUT2D eigenvalue weighted by atomic mass is 9.81. The molecule has 2 amide bonds. The normalized spacial score (nSPS) is 15.6. The monoisotopic (exact) mass is 366 g/mol. The Morgan fingerprint density at radius 2 is 1.96 bits per heavy atom. The summed E-state index contributed by atoms with van der Waals surface area (Å²) in [6, 6.07) is 11.7. The maximum absolute atomic E-state index is 12.6. The number of amides is 2. The summed E-state index contributed by atoms with van der Waals surface area (Å²) in [6.07, 6.45) is 3.57. The minimum atomic E-state index is -0.129. The summed E-state index contributed by atoms with van der Waals surface area (Å²) in [5.74, 6) is 0.945. The van der Waals surface area contributed by atoms with E-state index in [1.54, 1.807) is 13.2 Å². The Kier molecular flexibility index (Phi) is 5.79. The first-order chi connectivity index (χ1) is 13.0. The van der Waals surface area contributed by atoms with E-state index in [4.69, 9.17) is 4.74 Å². The number of nitrogens with one attached hydrogen (secondary N) is 2. The van der Waals surface area contributed by atoms with Crippen LogP contribution >= 0.6 is 0 Å². The molecule has 0 bridgehead atoms. The maximum Gasteiger partial charge on any atom is 0.224 e. The van der Waals surface area contributed by atoms with Gasteiger partial charge >= 0.3 is 0 Å². The number of benzene rings is 2. The summed E-state index contributed by atoms with van der Waals surface area (Å²) < 4.78 is 5.31. The molecule has 0 heterocycles. The van der Waals surface area contributed by atoms with E-state index in [2.05, 4.69) is 22.8 Å². The number of carbonyl (C=O) groups is 2. The highest BCUT2D eigenvalue weighted by Crippen LogP contribution is 2.36. The van der Waals surface area contributed by atoms with Crippen molar-refractivity contribution in [2.75, 3.05) is 17.7 Å². The van der Waals surface area contributed by atoms with Crippen molar-refractivity contribution in [3.8, 4) is 5.75 Å². The van der Waals surface area contributed by atoms with E-state index in [0.717, 1.165) is 36.3 Å². The van der Waals surface area contributed by atoms with E-state index in [1.807, 2.05) is 25.1 Å². The van der Waals surface area contributed by atoms with Crippen LogP contribution in [-0.2, 0) is 16.0 Å². The van der Waals surface area contributed by atoms with Crippen LogP contribution in [0.5, 0.6) is 5.75 Å². The zero-order valence-corrected chi connectivity index (χ0v) is 16.1. The van der Waals surface area contributed by atoms with E-state index in [-0.39, 0.29) is 17.7 Å². The van der Waals surface area contributed by atoms with E-state index in [1.165, 1.54) is 18.1 Å². The molecule has 5 heteroatoms. The van der Waals surface area contributed by atoms with Crippen LogP contribution in [0.3, 0.4) is 0 Å². The molecule has 2 N–H and O–H groups in total. The van der Waals surface area contributed by atoms with Crippen molar-refractivity contribution in [3.63, 3.8) is 0 Å². The van der Waals surface area contributed by atoms with Gasteiger partial charge in [0, 0.05) is 24.7 Å². The zero-order valence-electron chi connectivity index (χ0n) is 16.1. The zero-order chi connectivity index (χ0) is 19.4. The minimum absolute atomic E-state index is 0.0127. The molecule has 1 unspecified atom stereocenters. The maximum atomic E-state index is 12.6. The Balaban J connectivity index is 1.69. The average molecular weight is 366 g/mol. The number of hydrogen-bond donors (Lipinski definition) is 2. The molecule has 0 aromatic heterocycles. The van der Waals surface area contributed by atoms with Crippen molar-refractivity contribution < 1.29 is 14.3 Å². The molecular weight excluding hydrogens is 340 g/mol. The molecule has 1 aliphatic carbocycles. The predicted octanol–water partition coefficient (Wildman–Crippen LogP) is 4.41. The number of aryl methyl sites for hydroxylation is 2. The first-order valence-electron chi connectivity index (χ1n) is 9.31. The summed E-state index contributed by atoms with van der Waals surface area (Å²) in [5, 5.41) is 5.76. The van der Waals surface area contributed by atoms with Crippen LogP contribution in [0.2, 0.25) is 0 Å². The molecule has 0 fully saturated rings. The Morgan fingerprint density at radius 3 is 2.70 bits per heavy atom. The van der Waals surface area contributed by atoms with Gasteiger partial charge in [-0.1, -0.05) is 12.1 Å². The molecule has 3 rings (SSSR count). The van der Waals surface area contributed by atoms with Crippen LogP contribution in [0.1, 0.15) is 48.8 Å². The molecule has 1 aliphatic rings. The van der Waals surface area contributed by atoms with Gasteiger partial charge < -0.3 is 15.4 Å². The molecule has 142 valence electrons. The molecule has 2 aromatic carbocycles. The minimum Gasteiger partial charge on any atom is -0.497 e. The highest BCUT2D eigenvalue weighted by atomic mass is 16.5. The number of methoxy groups -OCH3 is 1. The third-order valence-corrected chi connectivity index (χ3v) is 5.05. The van der Waals surface area contributed by atoms with Crippen molar-refractivity contribution in [2.24, 2.45) is 0 Å². The SMILES string of the molecule is COc1ccc2c(c1)CCCC2CC(=O)Nc1ccc(C)c(NC(C)=O)c1. The Labute approximate surface area is 160 Å². The second-order valence-corrected chi connectivity index (χ2v) is 7.12. The Bertz CT molecular complexity index is 861. The molecule has 5 nitrogen and oxygen atoms in total. The topological polar surface area (TPSA) is 67.4 Å². The van der Waals surface area contributed by atoms with E-state index in [9.17, 15) is 9.59 Å². The van der Waals surface area contributed by atoms with E-state index < -0.39 is 0 Å². The smallest absolute Gasteiger partial charge is 0.224 e. The van der Waals surface area contributed by atoms with Crippen LogP contribution in [0.25, 0.3) is 0 Å². The Hall–Kier alpha value is -2.82. The fraction of sp³-hybridized carbons (Fsp3) is 0.364. The molecular formula is C22H26N2O3.